The van der Waals surface area contributed by atoms with Crippen LogP contribution in [0.5, 0.6) is 0 Å². The number of hydroxylamine groups is 2. The minimum Gasteiger partial charge on any atom is -0.381 e. The molecule has 1 aromatic carbocycles. The largest absolute Gasteiger partial charge is 0.381 e. The summed E-state index contributed by atoms with van der Waals surface area (Å²) < 4.78 is 7.61. The van der Waals surface area contributed by atoms with Crippen molar-refractivity contribution in [1.29, 1.82) is 0 Å². The molecular formula is C21H22N2O5. The highest BCUT2D eigenvalue weighted by Crippen LogP contribution is 2.25. The second-order valence-corrected chi connectivity index (χ2v) is 7.31. The van der Waals surface area contributed by atoms with Gasteiger partial charge in [0.05, 0.1) is 23.3 Å². The van der Waals surface area contributed by atoms with Gasteiger partial charge in [-0.25, -0.2) is 4.79 Å². The number of ether oxygens (including phenoxy) is 1. The molecule has 7 heteroatoms. The SMILES string of the molecule is Cc1cc(C(=O)ON2C(=O)c3ccccc3C2=O)c(C)n1CC1CCCOC1. The molecule has 1 atom stereocenters. The van der Waals surface area contributed by atoms with Crippen molar-refractivity contribution in [2.75, 3.05) is 13.2 Å². The van der Waals surface area contributed by atoms with Crippen LogP contribution in [0.2, 0.25) is 0 Å². The Labute approximate surface area is 162 Å². The molecule has 4 rings (SSSR count). The highest BCUT2D eigenvalue weighted by Gasteiger charge is 2.39. The van der Waals surface area contributed by atoms with Crippen LogP contribution in [0.25, 0.3) is 0 Å². The van der Waals surface area contributed by atoms with Crippen LogP contribution in [-0.2, 0) is 16.1 Å². The Morgan fingerprint density at radius 2 is 1.86 bits per heavy atom. The summed E-state index contributed by atoms with van der Waals surface area (Å²) in [5.74, 6) is -1.56. The first-order valence-corrected chi connectivity index (χ1v) is 9.42. The number of aromatic nitrogens is 1. The van der Waals surface area contributed by atoms with Crippen molar-refractivity contribution in [2.24, 2.45) is 5.92 Å². The van der Waals surface area contributed by atoms with Gasteiger partial charge in [-0.3, -0.25) is 9.59 Å². The second kappa shape index (κ2) is 7.24. The van der Waals surface area contributed by atoms with E-state index in [1.165, 1.54) is 0 Å². The summed E-state index contributed by atoms with van der Waals surface area (Å²) in [5, 5.41) is 0.550. The van der Waals surface area contributed by atoms with E-state index in [0.717, 1.165) is 37.4 Å². The predicted octanol–water partition coefficient (Wildman–Crippen LogP) is 2.90. The van der Waals surface area contributed by atoms with Crippen molar-refractivity contribution in [3.8, 4) is 0 Å². The quantitative estimate of drug-likeness (QED) is 0.760. The minimum absolute atomic E-state index is 0.239. The van der Waals surface area contributed by atoms with E-state index in [1.54, 1.807) is 30.3 Å². The van der Waals surface area contributed by atoms with Crippen LogP contribution in [0.1, 0.15) is 55.3 Å². The van der Waals surface area contributed by atoms with Crippen molar-refractivity contribution in [3.63, 3.8) is 0 Å². The molecule has 2 aliphatic rings. The van der Waals surface area contributed by atoms with Gasteiger partial charge in [0.2, 0.25) is 0 Å². The number of nitrogens with zero attached hydrogens (tertiary/aromatic N) is 2. The van der Waals surface area contributed by atoms with Crippen molar-refractivity contribution in [3.05, 3.63) is 58.4 Å². The molecule has 28 heavy (non-hydrogen) atoms. The maximum absolute atomic E-state index is 12.7. The summed E-state index contributed by atoms with van der Waals surface area (Å²) in [6, 6.07) is 8.15. The van der Waals surface area contributed by atoms with Crippen LogP contribution < -0.4 is 0 Å². The summed E-state index contributed by atoms with van der Waals surface area (Å²) in [4.78, 5) is 42.7. The first kappa shape index (κ1) is 18.4. The number of fused-ring (bicyclic) bond motifs is 1. The van der Waals surface area contributed by atoms with Crippen molar-refractivity contribution < 1.29 is 24.0 Å². The molecule has 0 radical (unpaired) electrons. The molecule has 2 aliphatic heterocycles. The lowest BCUT2D eigenvalue weighted by Gasteiger charge is -2.24. The molecule has 7 nitrogen and oxygen atoms in total. The highest BCUT2D eigenvalue weighted by molar-refractivity contribution is 6.21. The summed E-state index contributed by atoms with van der Waals surface area (Å²) in [6.45, 7) is 6.05. The molecule has 0 spiro atoms. The summed E-state index contributed by atoms with van der Waals surface area (Å²) in [7, 11) is 0. The fraction of sp³-hybridized carbons (Fsp3) is 0.381. The van der Waals surface area contributed by atoms with Crippen LogP contribution in [-0.4, -0.2) is 40.6 Å². The van der Waals surface area contributed by atoms with E-state index in [9.17, 15) is 14.4 Å². The molecule has 3 heterocycles. The lowest BCUT2D eigenvalue weighted by molar-refractivity contribution is -0.0585. The molecule has 2 amide bonds. The molecule has 146 valence electrons. The predicted molar refractivity (Wildman–Crippen MR) is 99.8 cm³/mol. The topological polar surface area (TPSA) is 77.8 Å². The average molecular weight is 382 g/mol. The molecule has 1 saturated heterocycles. The Kier molecular flexibility index (Phi) is 4.77. The Balaban J connectivity index is 1.52. The molecule has 0 N–H and O–H groups in total. The highest BCUT2D eigenvalue weighted by atomic mass is 16.7. The third-order valence-corrected chi connectivity index (χ3v) is 5.42. The Bertz CT molecular complexity index is 921. The molecule has 1 fully saturated rings. The van der Waals surface area contributed by atoms with Gasteiger partial charge >= 0.3 is 5.97 Å². The monoisotopic (exact) mass is 382 g/mol. The molecule has 0 bridgehead atoms. The fourth-order valence-corrected chi connectivity index (χ4v) is 3.88. The molecule has 0 saturated carbocycles. The van der Waals surface area contributed by atoms with Crippen LogP contribution in [0.15, 0.2) is 30.3 Å². The van der Waals surface area contributed by atoms with Crippen molar-refractivity contribution in [1.82, 2.24) is 9.63 Å². The number of aryl methyl sites for hydroxylation is 1. The number of hydrogen-bond acceptors (Lipinski definition) is 5. The average Bonchev–Trinajstić information content (AvgIpc) is 3.12. The Morgan fingerprint density at radius 3 is 2.46 bits per heavy atom. The van der Waals surface area contributed by atoms with E-state index in [4.69, 9.17) is 9.57 Å². The first-order chi connectivity index (χ1) is 13.5. The molecule has 1 aromatic heterocycles. The van der Waals surface area contributed by atoms with Gasteiger partial charge in [0.1, 0.15) is 0 Å². The van der Waals surface area contributed by atoms with Gasteiger partial charge in [-0.15, -0.1) is 0 Å². The number of rotatable bonds is 4. The standard InChI is InChI=1S/C21H22N2O5/c1-13-10-18(14(2)22(13)11-15-6-5-9-27-12-15)21(26)28-23-19(24)16-7-3-4-8-17(16)20(23)25/h3-4,7-8,10,15H,5-6,9,11-12H2,1-2H3. The van der Waals surface area contributed by atoms with Gasteiger partial charge in [-0.2, -0.15) is 0 Å². The fourth-order valence-electron chi connectivity index (χ4n) is 3.88. The van der Waals surface area contributed by atoms with Gasteiger partial charge in [0.25, 0.3) is 11.8 Å². The second-order valence-electron chi connectivity index (χ2n) is 7.31. The van der Waals surface area contributed by atoms with Gasteiger partial charge in [0, 0.05) is 30.5 Å². The van der Waals surface area contributed by atoms with E-state index in [1.807, 2.05) is 13.8 Å². The molecule has 0 aliphatic carbocycles. The van der Waals surface area contributed by atoms with Crippen LogP contribution in [0.3, 0.4) is 0 Å². The van der Waals surface area contributed by atoms with E-state index in [2.05, 4.69) is 4.57 Å². The summed E-state index contributed by atoms with van der Waals surface area (Å²) >= 11 is 0. The van der Waals surface area contributed by atoms with Crippen molar-refractivity contribution in [2.45, 2.75) is 33.2 Å². The van der Waals surface area contributed by atoms with Crippen LogP contribution in [0, 0.1) is 19.8 Å². The lowest BCUT2D eigenvalue weighted by Crippen LogP contribution is -2.32. The number of amides is 2. The van der Waals surface area contributed by atoms with Gasteiger partial charge in [-0.05, 0) is 44.9 Å². The van der Waals surface area contributed by atoms with Crippen LogP contribution in [0.4, 0.5) is 0 Å². The zero-order chi connectivity index (χ0) is 19.8. The number of carbonyl (C=O) groups excluding carboxylic acids is 3. The maximum Gasteiger partial charge on any atom is 0.365 e. The zero-order valence-corrected chi connectivity index (χ0v) is 15.9. The number of carbonyl (C=O) groups is 3. The van der Waals surface area contributed by atoms with E-state index >= 15 is 0 Å². The van der Waals surface area contributed by atoms with E-state index in [0.29, 0.717) is 23.2 Å². The zero-order valence-electron chi connectivity index (χ0n) is 15.9. The molecule has 2 aromatic rings. The van der Waals surface area contributed by atoms with Gasteiger partial charge < -0.3 is 14.1 Å². The van der Waals surface area contributed by atoms with E-state index in [-0.39, 0.29) is 11.1 Å². The first-order valence-electron chi connectivity index (χ1n) is 9.42. The smallest absolute Gasteiger partial charge is 0.365 e. The number of hydrogen-bond donors (Lipinski definition) is 0. The lowest BCUT2D eigenvalue weighted by atomic mass is 10.0. The molecular weight excluding hydrogens is 360 g/mol. The maximum atomic E-state index is 12.7. The Hall–Kier alpha value is -2.93. The summed E-state index contributed by atoms with van der Waals surface area (Å²) in [6.07, 6.45) is 2.13. The Morgan fingerprint density at radius 1 is 1.18 bits per heavy atom. The van der Waals surface area contributed by atoms with Crippen molar-refractivity contribution >= 4 is 17.8 Å². The number of imide groups is 1. The normalized spacial score (nSPS) is 19.1. The van der Waals surface area contributed by atoms with Gasteiger partial charge in [-0.1, -0.05) is 17.2 Å². The third kappa shape index (κ3) is 3.11. The molecule has 1 unspecified atom stereocenters. The van der Waals surface area contributed by atoms with Crippen LogP contribution >= 0.6 is 0 Å². The number of benzene rings is 1. The minimum atomic E-state index is -0.714. The van der Waals surface area contributed by atoms with Gasteiger partial charge in [0.15, 0.2) is 0 Å². The third-order valence-electron chi connectivity index (χ3n) is 5.42. The summed E-state index contributed by atoms with van der Waals surface area (Å²) in [5.41, 5.74) is 2.51. The van der Waals surface area contributed by atoms with E-state index < -0.39 is 17.8 Å².